The topological polar surface area (TPSA) is 86.9 Å². The molecule has 0 unspecified atom stereocenters. The second kappa shape index (κ2) is 8.14. The van der Waals surface area contributed by atoms with E-state index < -0.39 is 0 Å². The second-order valence-corrected chi connectivity index (χ2v) is 6.86. The van der Waals surface area contributed by atoms with E-state index in [9.17, 15) is 9.59 Å². The molecule has 1 aliphatic rings. The van der Waals surface area contributed by atoms with E-state index in [4.69, 9.17) is 0 Å². The fourth-order valence-corrected chi connectivity index (χ4v) is 3.37. The van der Waals surface area contributed by atoms with Gasteiger partial charge in [-0.2, -0.15) is 0 Å². The molecule has 0 spiro atoms. The van der Waals surface area contributed by atoms with Crippen molar-refractivity contribution in [3.05, 3.63) is 71.6 Å². The number of carbonyl (C=O) groups is 2. The van der Waals surface area contributed by atoms with Crippen LogP contribution in [0.5, 0.6) is 0 Å². The Hall–Kier alpha value is -3.67. The molecule has 6 heteroatoms. The van der Waals surface area contributed by atoms with Crippen molar-refractivity contribution < 1.29 is 9.59 Å². The van der Waals surface area contributed by atoms with Gasteiger partial charge in [0.2, 0.25) is 5.91 Å². The molecule has 2 aromatic heterocycles. The number of pyridine rings is 1. The zero-order chi connectivity index (χ0) is 20.2. The van der Waals surface area contributed by atoms with Crippen LogP contribution in [0.15, 0.2) is 54.7 Å². The molecule has 3 aromatic rings. The molecule has 0 aliphatic carbocycles. The Bertz CT molecular complexity index is 1080. The van der Waals surface area contributed by atoms with Gasteiger partial charge in [0.05, 0.1) is 11.3 Å². The number of nitrogens with one attached hydrogen (secondary N) is 3. The van der Waals surface area contributed by atoms with Crippen molar-refractivity contribution in [2.24, 2.45) is 0 Å². The fourth-order valence-electron chi connectivity index (χ4n) is 3.37. The van der Waals surface area contributed by atoms with E-state index in [1.807, 2.05) is 49.4 Å². The third-order valence-corrected chi connectivity index (χ3v) is 4.86. The molecule has 6 nitrogen and oxygen atoms in total. The number of hydrogen-bond acceptors (Lipinski definition) is 3. The number of aromatic nitrogens is 2. The molecule has 1 aromatic carbocycles. The first-order valence-corrected chi connectivity index (χ1v) is 9.67. The Morgan fingerprint density at radius 2 is 2.00 bits per heavy atom. The lowest BCUT2D eigenvalue weighted by atomic mass is 10.0. The first-order valence-electron chi connectivity index (χ1n) is 9.67. The molecule has 0 saturated carbocycles. The molecule has 4 rings (SSSR count). The number of benzene rings is 1. The van der Waals surface area contributed by atoms with Crippen molar-refractivity contribution >= 4 is 17.9 Å². The van der Waals surface area contributed by atoms with Gasteiger partial charge in [0.25, 0.3) is 5.91 Å². The molecule has 146 valence electrons. The summed E-state index contributed by atoms with van der Waals surface area (Å²) in [5.41, 5.74) is 6.36. The molecule has 0 bridgehead atoms. The summed E-state index contributed by atoms with van der Waals surface area (Å²) < 4.78 is 0. The quantitative estimate of drug-likeness (QED) is 0.589. The molecular weight excluding hydrogens is 364 g/mol. The number of fused-ring (bicyclic) bond motifs is 1. The van der Waals surface area contributed by atoms with Gasteiger partial charge < -0.3 is 15.6 Å². The van der Waals surface area contributed by atoms with Crippen LogP contribution in [0.25, 0.3) is 28.6 Å². The second-order valence-electron chi connectivity index (χ2n) is 6.86. The lowest BCUT2D eigenvalue weighted by Crippen LogP contribution is -2.31. The van der Waals surface area contributed by atoms with Crippen LogP contribution in [-0.4, -0.2) is 34.9 Å². The van der Waals surface area contributed by atoms with Crippen molar-refractivity contribution in [2.45, 2.75) is 13.3 Å². The minimum atomic E-state index is -0.103. The van der Waals surface area contributed by atoms with Crippen LogP contribution in [0.3, 0.4) is 0 Å². The van der Waals surface area contributed by atoms with Gasteiger partial charge in [-0.25, -0.2) is 0 Å². The third kappa shape index (κ3) is 4.11. The molecule has 0 fully saturated rings. The van der Waals surface area contributed by atoms with Crippen molar-refractivity contribution in [1.82, 2.24) is 20.6 Å². The minimum Gasteiger partial charge on any atom is -0.358 e. The van der Waals surface area contributed by atoms with E-state index in [-0.39, 0.29) is 11.8 Å². The molecule has 2 amide bonds. The van der Waals surface area contributed by atoms with Crippen LogP contribution >= 0.6 is 0 Å². The highest BCUT2D eigenvalue weighted by atomic mass is 16.2. The molecule has 3 heterocycles. The standard InChI is InChI=1S/C23H22N4O2/c1-2-24-22(28)8-5-15-3-6-16(7-4-15)20-13-17(9-11-25-20)21-14-18-19(27-21)10-12-26-23(18)29/h3-9,11,13-14,27H,2,10,12H2,1H3,(H,24,28)(H,26,29)/b8-5+. The van der Waals surface area contributed by atoms with Gasteiger partial charge in [-0.15, -0.1) is 0 Å². The summed E-state index contributed by atoms with van der Waals surface area (Å²) in [6.07, 6.45) is 5.89. The number of H-pyrrole nitrogens is 1. The highest BCUT2D eigenvalue weighted by molar-refractivity contribution is 5.97. The molecule has 0 atom stereocenters. The third-order valence-electron chi connectivity index (χ3n) is 4.86. The SMILES string of the molecule is CCNC(=O)/C=C/c1ccc(-c2cc(-c3cc4c([nH]3)CCNC4=O)ccn2)cc1. The van der Waals surface area contributed by atoms with E-state index in [0.29, 0.717) is 18.7 Å². The Kier molecular flexibility index (Phi) is 5.24. The summed E-state index contributed by atoms with van der Waals surface area (Å²) in [4.78, 5) is 31.4. The number of rotatable bonds is 5. The highest BCUT2D eigenvalue weighted by Crippen LogP contribution is 2.27. The molecule has 1 aliphatic heterocycles. The number of nitrogens with zero attached hydrogens (tertiary/aromatic N) is 1. The number of hydrogen-bond donors (Lipinski definition) is 3. The van der Waals surface area contributed by atoms with Crippen molar-refractivity contribution in [1.29, 1.82) is 0 Å². The molecule has 29 heavy (non-hydrogen) atoms. The summed E-state index contributed by atoms with van der Waals surface area (Å²) in [6.45, 7) is 3.16. The maximum atomic E-state index is 12.0. The zero-order valence-electron chi connectivity index (χ0n) is 16.2. The highest BCUT2D eigenvalue weighted by Gasteiger charge is 2.20. The number of amides is 2. The Balaban J connectivity index is 1.56. The fraction of sp³-hybridized carbons (Fsp3) is 0.174. The monoisotopic (exact) mass is 386 g/mol. The maximum Gasteiger partial charge on any atom is 0.253 e. The van der Waals surface area contributed by atoms with Crippen LogP contribution < -0.4 is 10.6 Å². The summed E-state index contributed by atoms with van der Waals surface area (Å²) in [6, 6.07) is 13.7. The van der Waals surface area contributed by atoms with Crippen LogP contribution in [0.2, 0.25) is 0 Å². The van der Waals surface area contributed by atoms with E-state index >= 15 is 0 Å². The van der Waals surface area contributed by atoms with E-state index in [0.717, 1.165) is 40.2 Å². The Morgan fingerprint density at radius 1 is 1.17 bits per heavy atom. The smallest absolute Gasteiger partial charge is 0.253 e. The van der Waals surface area contributed by atoms with Gasteiger partial charge in [0.15, 0.2) is 0 Å². The average molecular weight is 386 g/mol. The first-order chi connectivity index (χ1) is 14.1. The summed E-state index contributed by atoms with van der Waals surface area (Å²) >= 11 is 0. The summed E-state index contributed by atoms with van der Waals surface area (Å²) in [7, 11) is 0. The molecule has 3 N–H and O–H groups in total. The van der Waals surface area contributed by atoms with E-state index in [1.165, 1.54) is 6.08 Å². The van der Waals surface area contributed by atoms with Gasteiger partial charge in [-0.1, -0.05) is 24.3 Å². The number of aromatic amines is 1. The normalized spacial score (nSPS) is 13.2. The van der Waals surface area contributed by atoms with Crippen molar-refractivity contribution in [3.8, 4) is 22.5 Å². The van der Waals surface area contributed by atoms with Crippen LogP contribution in [0.1, 0.15) is 28.5 Å². The predicted octanol–water partition coefficient (Wildman–Crippen LogP) is 3.18. The van der Waals surface area contributed by atoms with Gasteiger partial charge in [-0.3, -0.25) is 14.6 Å². The van der Waals surface area contributed by atoms with Gasteiger partial charge in [0, 0.05) is 54.3 Å². The van der Waals surface area contributed by atoms with Crippen molar-refractivity contribution in [2.75, 3.05) is 13.1 Å². The lowest BCUT2D eigenvalue weighted by Gasteiger charge is -2.10. The predicted molar refractivity (Wildman–Crippen MR) is 113 cm³/mol. The lowest BCUT2D eigenvalue weighted by molar-refractivity contribution is -0.116. The molecular formula is C23H22N4O2. The summed E-state index contributed by atoms with van der Waals surface area (Å²) in [5.74, 6) is -0.132. The van der Waals surface area contributed by atoms with Gasteiger partial charge >= 0.3 is 0 Å². The van der Waals surface area contributed by atoms with Crippen LogP contribution in [0.4, 0.5) is 0 Å². The van der Waals surface area contributed by atoms with Gasteiger partial charge in [-0.05, 0) is 36.8 Å². The largest absolute Gasteiger partial charge is 0.358 e. The zero-order valence-corrected chi connectivity index (χ0v) is 16.2. The van der Waals surface area contributed by atoms with E-state index in [2.05, 4.69) is 20.6 Å². The summed E-state index contributed by atoms with van der Waals surface area (Å²) in [5, 5.41) is 5.60. The Labute approximate surface area is 169 Å². The maximum absolute atomic E-state index is 12.0. The van der Waals surface area contributed by atoms with Crippen LogP contribution in [-0.2, 0) is 11.2 Å². The van der Waals surface area contributed by atoms with E-state index in [1.54, 1.807) is 12.3 Å². The van der Waals surface area contributed by atoms with Crippen molar-refractivity contribution in [3.63, 3.8) is 0 Å². The molecule has 0 radical (unpaired) electrons. The number of likely N-dealkylation sites (N-methyl/N-ethyl adjacent to an activating group) is 1. The molecule has 0 saturated heterocycles. The van der Waals surface area contributed by atoms with Crippen LogP contribution in [0, 0.1) is 0 Å². The first kappa shape index (κ1) is 18.7. The Morgan fingerprint density at radius 3 is 2.76 bits per heavy atom. The minimum absolute atomic E-state index is 0.0284. The number of carbonyl (C=O) groups excluding carboxylic acids is 2. The average Bonchev–Trinajstić information content (AvgIpc) is 3.19. The van der Waals surface area contributed by atoms with Gasteiger partial charge in [0.1, 0.15) is 0 Å².